The van der Waals surface area contributed by atoms with Crippen LogP contribution in [0.2, 0.25) is 0 Å². The zero-order valence-corrected chi connectivity index (χ0v) is 17.2. The number of benzene rings is 1. The maximum atomic E-state index is 12.4. The van der Waals surface area contributed by atoms with Crippen molar-refractivity contribution in [3.63, 3.8) is 0 Å². The second-order valence-electron chi connectivity index (χ2n) is 6.85. The minimum absolute atomic E-state index is 0.0372. The Labute approximate surface area is 170 Å². The van der Waals surface area contributed by atoms with E-state index in [1.165, 1.54) is 33.5 Å². The lowest BCUT2D eigenvalue weighted by atomic mass is 9.86. The third kappa shape index (κ3) is 5.75. The van der Waals surface area contributed by atoms with Crippen LogP contribution < -0.4 is 24.8 Å². The first kappa shape index (κ1) is 22.3. The van der Waals surface area contributed by atoms with Gasteiger partial charge in [0, 0.05) is 6.04 Å². The van der Waals surface area contributed by atoms with Crippen molar-refractivity contribution in [1.29, 1.82) is 0 Å². The summed E-state index contributed by atoms with van der Waals surface area (Å²) >= 11 is 0. The van der Waals surface area contributed by atoms with Gasteiger partial charge in [-0.2, -0.15) is 0 Å². The molecule has 2 N–H and O–H groups in total. The van der Waals surface area contributed by atoms with Crippen LogP contribution in [0.25, 0.3) is 0 Å². The largest absolute Gasteiger partial charge is 0.493 e. The third-order valence-electron chi connectivity index (χ3n) is 4.94. The van der Waals surface area contributed by atoms with Crippen LogP contribution in [0.3, 0.4) is 0 Å². The Morgan fingerprint density at radius 1 is 1.00 bits per heavy atom. The first-order valence-corrected chi connectivity index (χ1v) is 9.47. The van der Waals surface area contributed by atoms with Crippen LogP contribution >= 0.6 is 0 Å². The van der Waals surface area contributed by atoms with Gasteiger partial charge in [0.15, 0.2) is 18.1 Å². The highest BCUT2D eigenvalue weighted by Crippen LogP contribution is 2.39. The summed E-state index contributed by atoms with van der Waals surface area (Å²) in [6.07, 6.45) is 4.13. The molecule has 1 aliphatic carbocycles. The summed E-state index contributed by atoms with van der Waals surface area (Å²) in [6, 6.07) is 2.41. The predicted octanol–water partition coefficient (Wildman–Crippen LogP) is 2.27. The first-order valence-electron chi connectivity index (χ1n) is 9.47. The van der Waals surface area contributed by atoms with Gasteiger partial charge in [-0.3, -0.25) is 10.1 Å². The lowest BCUT2D eigenvalue weighted by Gasteiger charge is -2.29. The van der Waals surface area contributed by atoms with Crippen LogP contribution in [0.4, 0.5) is 4.79 Å². The summed E-state index contributed by atoms with van der Waals surface area (Å²) in [4.78, 5) is 36.3. The maximum Gasteiger partial charge on any atom is 0.342 e. The van der Waals surface area contributed by atoms with Gasteiger partial charge in [-0.15, -0.1) is 0 Å². The lowest BCUT2D eigenvalue weighted by Crippen LogP contribution is -2.48. The highest BCUT2D eigenvalue weighted by Gasteiger charge is 2.25. The molecule has 0 saturated heterocycles. The number of rotatable bonds is 7. The van der Waals surface area contributed by atoms with Crippen LogP contribution in [0.15, 0.2) is 12.1 Å². The van der Waals surface area contributed by atoms with E-state index in [9.17, 15) is 14.4 Å². The summed E-state index contributed by atoms with van der Waals surface area (Å²) in [5.41, 5.74) is 0.0680. The number of methoxy groups -OCH3 is 3. The van der Waals surface area contributed by atoms with Crippen LogP contribution in [0, 0.1) is 5.92 Å². The number of urea groups is 1. The van der Waals surface area contributed by atoms with E-state index in [4.69, 9.17) is 18.9 Å². The molecule has 2 rings (SSSR count). The molecule has 1 aliphatic rings. The quantitative estimate of drug-likeness (QED) is 0.666. The monoisotopic (exact) mass is 408 g/mol. The van der Waals surface area contributed by atoms with Crippen molar-refractivity contribution < 1.29 is 33.3 Å². The second kappa shape index (κ2) is 10.5. The molecule has 0 unspecified atom stereocenters. The molecule has 9 heteroatoms. The number of nitrogens with one attached hydrogen (secondary N) is 2. The molecule has 9 nitrogen and oxygen atoms in total. The summed E-state index contributed by atoms with van der Waals surface area (Å²) in [5, 5.41) is 4.98. The Kier molecular flexibility index (Phi) is 8.11. The van der Waals surface area contributed by atoms with Gasteiger partial charge in [0.25, 0.3) is 5.91 Å². The SMILES string of the molecule is COc1ccc(C(=O)OCC(=O)NC(=O)N[C@@H]2CCCC[C@@H]2C)c(OC)c1OC. The molecule has 160 valence electrons. The van der Waals surface area contributed by atoms with E-state index in [-0.39, 0.29) is 23.1 Å². The Hall–Kier alpha value is -2.97. The fourth-order valence-electron chi connectivity index (χ4n) is 3.37. The van der Waals surface area contributed by atoms with E-state index in [0.717, 1.165) is 25.7 Å². The van der Waals surface area contributed by atoms with E-state index in [1.54, 1.807) is 0 Å². The minimum Gasteiger partial charge on any atom is -0.493 e. The second-order valence-corrected chi connectivity index (χ2v) is 6.85. The van der Waals surface area contributed by atoms with Crippen molar-refractivity contribution in [2.45, 2.75) is 38.6 Å². The molecule has 2 atom stereocenters. The number of esters is 1. The van der Waals surface area contributed by atoms with E-state index in [1.807, 2.05) is 0 Å². The number of hydrogen-bond acceptors (Lipinski definition) is 7. The average Bonchev–Trinajstić information content (AvgIpc) is 2.72. The smallest absolute Gasteiger partial charge is 0.342 e. The Balaban J connectivity index is 1.91. The van der Waals surface area contributed by atoms with Crippen LogP contribution in [-0.4, -0.2) is 51.9 Å². The van der Waals surface area contributed by atoms with Crippen LogP contribution in [-0.2, 0) is 9.53 Å². The molecule has 0 radical (unpaired) electrons. The molecule has 0 spiro atoms. The van der Waals surface area contributed by atoms with E-state index in [2.05, 4.69) is 17.6 Å². The fraction of sp³-hybridized carbons (Fsp3) is 0.550. The topological polar surface area (TPSA) is 112 Å². The summed E-state index contributed by atoms with van der Waals surface area (Å²) in [5.74, 6) is -0.415. The van der Waals surface area contributed by atoms with Gasteiger partial charge in [0.05, 0.1) is 21.3 Å². The average molecular weight is 408 g/mol. The zero-order chi connectivity index (χ0) is 21.4. The normalized spacial score (nSPS) is 18.3. The third-order valence-corrected chi connectivity index (χ3v) is 4.94. The number of carbonyl (C=O) groups is 3. The van der Waals surface area contributed by atoms with Gasteiger partial charge in [0.2, 0.25) is 5.75 Å². The van der Waals surface area contributed by atoms with E-state index >= 15 is 0 Å². The molecule has 1 aromatic carbocycles. The van der Waals surface area contributed by atoms with E-state index in [0.29, 0.717) is 11.7 Å². The number of carbonyl (C=O) groups excluding carboxylic acids is 3. The molecule has 1 saturated carbocycles. The summed E-state index contributed by atoms with van der Waals surface area (Å²) < 4.78 is 20.6. The molecule has 0 aliphatic heterocycles. The predicted molar refractivity (Wildman–Crippen MR) is 104 cm³/mol. The highest BCUT2D eigenvalue weighted by molar-refractivity contribution is 5.98. The van der Waals surface area contributed by atoms with Crippen molar-refractivity contribution in [1.82, 2.24) is 10.6 Å². The molecular weight excluding hydrogens is 380 g/mol. The lowest BCUT2D eigenvalue weighted by molar-refractivity contribution is -0.123. The molecule has 1 aromatic rings. The Bertz CT molecular complexity index is 751. The Morgan fingerprint density at radius 3 is 2.31 bits per heavy atom. The van der Waals surface area contributed by atoms with Crippen molar-refractivity contribution in [3.8, 4) is 17.2 Å². The number of hydrogen-bond donors (Lipinski definition) is 2. The Morgan fingerprint density at radius 2 is 1.69 bits per heavy atom. The maximum absolute atomic E-state index is 12.4. The van der Waals surface area contributed by atoms with Crippen molar-refractivity contribution >= 4 is 17.9 Å². The van der Waals surface area contributed by atoms with Crippen LogP contribution in [0.5, 0.6) is 17.2 Å². The van der Waals surface area contributed by atoms with Crippen molar-refractivity contribution in [2.24, 2.45) is 5.92 Å². The summed E-state index contributed by atoms with van der Waals surface area (Å²) in [7, 11) is 4.24. The van der Waals surface area contributed by atoms with Gasteiger partial charge in [-0.25, -0.2) is 9.59 Å². The van der Waals surface area contributed by atoms with Gasteiger partial charge in [0.1, 0.15) is 5.56 Å². The van der Waals surface area contributed by atoms with Gasteiger partial charge < -0.3 is 24.3 Å². The molecule has 0 aromatic heterocycles. The van der Waals surface area contributed by atoms with Crippen LogP contribution in [0.1, 0.15) is 43.0 Å². The van der Waals surface area contributed by atoms with Gasteiger partial charge >= 0.3 is 12.0 Å². The van der Waals surface area contributed by atoms with Gasteiger partial charge in [-0.1, -0.05) is 19.8 Å². The first-order chi connectivity index (χ1) is 13.9. The van der Waals surface area contributed by atoms with Crippen molar-refractivity contribution in [2.75, 3.05) is 27.9 Å². The molecule has 1 fully saturated rings. The fourth-order valence-corrected chi connectivity index (χ4v) is 3.37. The zero-order valence-electron chi connectivity index (χ0n) is 17.2. The number of ether oxygens (including phenoxy) is 4. The molecule has 3 amide bonds. The number of amides is 3. The van der Waals surface area contributed by atoms with Crippen molar-refractivity contribution in [3.05, 3.63) is 17.7 Å². The minimum atomic E-state index is -0.792. The molecule has 0 heterocycles. The highest BCUT2D eigenvalue weighted by atomic mass is 16.5. The molecular formula is C20H28N2O7. The number of imide groups is 1. The molecule has 0 bridgehead atoms. The standard InChI is InChI=1S/C20H28N2O7/c1-12-7-5-6-8-14(12)21-20(25)22-16(23)11-29-19(24)13-9-10-15(26-2)18(28-4)17(13)27-3/h9-10,12,14H,5-8,11H2,1-4H3,(H2,21,22,23,25)/t12-,14+/m0/s1. The van der Waals surface area contributed by atoms with E-state index < -0.39 is 24.5 Å². The molecule has 29 heavy (non-hydrogen) atoms. The van der Waals surface area contributed by atoms with Gasteiger partial charge in [-0.05, 0) is 30.9 Å². The summed E-state index contributed by atoms with van der Waals surface area (Å²) in [6.45, 7) is 1.47.